The number of fused-ring (bicyclic) bond motifs is 1. The highest BCUT2D eigenvalue weighted by Gasteiger charge is 2.32. The van der Waals surface area contributed by atoms with Crippen molar-refractivity contribution >= 4 is 15.7 Å². The van der Waals surface area contributed by atoms with Crippen molar-refractivity contribution in [3.05, 3.63) is 102 Å². The van der Waals surface area contributed by atoms with Crippen molar-refractivity contribution in [2.45, 2.75) is 23.0 Å². The minimum absolute atomic E-state index is 0.512. The molecule has 0 spiro atoms. The molecule has 2 atom stereocenters. The van der Waals surface area contributed by atoms with Crippen LogP contribution in [0.2, 0.25) is 0 Å². The molecule has 3 heteroatoms. The lowest BCUT2D eigenvalue weighted by Crippen LogP contribution is -2.18. The van der Waals surface area contributed by atoms with Crippen molar-refractivity contribution in [3.8, 4) is 0 Å². The van der Waals surface area contributed by atoms with E-state index in [1.54, 1.807) is 0 Å². The van der Waals surface area contributed by atoms with Crippen LogP contribution in [-0.2, 0) is 6.42 Å². The number of nitrogens with one attached hydrogen (secondary N) is 1. The highest BCUT2D eigenvalue weighted by molar-refractivity contribution is 8.37. The van der Waals surface area contributed by atoms with E-state index in [0.29, 0.717) is 5.25 Å². The number of rotatable bonds is 3. The van der Waals surface area contributed by atoms with Gasteiger partial charge in [-0.15, -0.1) is 0 Å². The van der Waals surface area contributed by atoms with Crippen molar-refractivity contribution in [2.24, 2.45) is 0 Å². The molecule has 1 aliphatic heterocycles. The van der Waals surface area contributed by atoms with Crippen LogP contribution in [0.1, 0.15) is 12.1 Å². The van der Waals surface area contributed by atoms with Gasteiger partial charge in [-0.05, 0) is 46.7 Å². The fraction of sp³-hybridized carbons (Fsp3) is 0.208. The Hall–Kier alpha value is -2.52. The second kappa shape index (κ2) is 8.01. The van der Waals surface area contributed by atoms with Crippen molar-refractivity contribution in [2.75, 3.05) is 18.1 Å². The molecule has 0 radical (unpaired) electrons. The van der Waals surface area contributed by atoms with Gasteiger partial charge in [-0.3, -0.25) is 4.98 Å². The van der Waals surface area contributed by atoms with Crippen LogP contribution >= 0.6 is 10.0 Å². The molecule has 27 heavy (non-hydrogen) atoms. The summed E-state index contributed by atoms with van der Waals surface area (Å²) in [5, 5.41) is 4.01. The fourth-order valence-corrected chi connectivity index (χ4v) is 7.19. The van der Waals surface area contributed by atoms with E-state index < -0.39 is 10.0 Å². The zero-order valence-electron chi connectivity index (χ0n) is 15.7. The van der Waals surface area contributed by atoms with Crippen LogP contribution in [0.25, 0.3) is 0 Å². The van der Waals surface area contributed by atoms with Crippen LogP contribution in [0.15, 0.2) is 101 Å². The Labute approximate surface area is 163 Å². The van der Waals surface area contributed by atoms with Gasteiger partial charge in [-0.2, -0.15) is 10.0 Å². The molecule has 0 fully saturated rings. The van der Waals surface area contributed by atoms with E-state index in [4.69, 9.17) is 0 Å². The van der Waals surface area contributed by atoms with Crippen LogP contribution in [0.4, 0.5) is 5.69 Å². The number of pyridine rings is 1. The zero-order chi connectivity index (χ0) is 18.5. The summed E-state index contributed by atoms with van der Waals surface area (Å²) in [6.07, 6.45) is 22.4. The Bertz CT molecular complexity index is 911. The third-order valence-electron chi connectivity index (χ3n) is 5.35. The summed E-state index contributed by atoms with van der Waals surface area (Å²) in [5.74, 6) is 0. The van der Waals surface area contributed by atoms with Gasteiger partial charge in [-0.1, -0.05) is 60.7 Å². The van der Waals surface area contributed by atoms with Crippen LogP contribution < -0.4 is 5.32 Å². The van der Waals surface area contributed by atoms with Gasteiger partial charge in [0.25, 0.3) is 0 Å². The third-order valence-corrected chi connectivity index (χ3v) is 9.44. The fourth-order valence-electron chi connectivity index (χ4n) is 3.78. The van der Waals surface area contributed by atoms with Crippen LogP contribution in [0.5, 0.6) is 0 Å². The van der Waals surface area contributed by atoms with Gasteiger partial charge in [-0.25, -0.2) is 0 Å². The van der Waals surface area contributed by atoms with Crippen molar-refractivity contribution < 1.29 is 0 Å². The van der Waals surface area contributed by atoms with Gasteiger partial charge < -0.3 is 5.32 Å². The summed E-state index contributed by atoms with van der Waals surface area (Å²) < 4.78 is 0. The molecule has 0 saturated carbocycles. The van der Waals surface area contributed by atoms with E-state index in [9.17, 15) is 0 Å². The lowest BCUT2D eigenvalue weighted by atomic mass is 10.2. The quantitative estimate of drug-likeness (QED) is 0.727. The molecule has 2 aliphatic rings. The smallest absolute Gasteiger partial charge is 0.0672 e. The van der Waals surface area contributed by atoms with E-state index >= 15 is 0 Å². The number of nitrogens with zero attached hydrogens (tertiary/aromatic N) is 1. The summed E-state index contributed by atoms with van der Waals surface area (Å²) >= 11 is 0. The summed E-state index contributed by atoms with van der Waals surface area (Å²) in [6, 6.07) is 15.2. The van der Waals surface area contributed by atoms with E-state index in [-0.39, 0.29) is 0 Å². The Morgan fingerprint density at radius 2 is 1.93 bits per heavy atom. The molecule has 4 rings (SSSR count). The topological polar surface area (TPSA) is 24.9 Å². The summed E-state index contributed by atoms with van der Waals surface area (Å²) in [4.78, 5) is 7.50. The van der Waals surface area contributed by atoms with E-state index in [1.165, 1.54) is 9.80 Å². The lowest BCUT2D eigenvalue weighted by molar-refractivity contribution is 1.03. The zero-order valence-corrected chi connectivity index (χ0v) is 16.5. The molecule has 0 saturated heterocycles. The summed E-state index contributed by atoms with van der Waals surface area (Å²) in [5.41, 5.74) is 2.25. The molecular formula is C24H26N2S. The Morgan fingerprint density at radius 3 is 2.74 bits per heavy atom. The predicted molar refractivity (Wildman–Crippen MR) is 119 cm³/mol. The molecule has 2 heterocycles. The number of benzene rings is 1. The Morgan fingerprint density at radius 1 is 1.04 bits per heavy atom. The van der Waals surface area contributed by atoms with Gasteiger partial charge in [0.1, 0.15) is 0 Å². The monoisotopic (exact) mass is 374 g/mol. The van der Waals surface area contributed by atoms with Gasteiger partial charge in [0.05, 0.1) is 11.4 Å². The Kier molecular flexibility index (Phi) is 5.30. The minimum Gasteiger partial charge on any atom is -0.380 e. The van der Waals surface area contributed by atoms with Gasteiger partial charge >= 0.3 is 0 Å². The van der Waals surface area contributed by atoms with Gasteiger partial charge in [0, 0.05) is 24.4 Å². The molecule has 0 bridgehead atoms. The first-order chi connectivity index (χ1) is 13.3. The van der Waals surface area contributed by atoms with Crippen LogP contribution in [0.3, 0.4) is 0 Å². The molecule has 1 aromatic heterocycles. The molecule has 138 valence electrons. The number of allylic oxidation sites excluding steroid dienone is 5. The Balaban J connectivity index is 1.80. The maximum absolute atomic E-state index is 4.61. The number of hydrogen-bond acceptors (Lipinski definition) is 2. The lowest BCUT2D eigenvalue weighted by Gasteiger charge is -2.44. The normalized spacial score (nSPS) is 22.3. The highest BCUT2D eigenvalue weighted by Crippen LogP contribution is 2.65. The van der Waals surface area contributed by atoms with Crippen molar-refractivity contribution in [3.63, 3.8) is 0 Å². The molecule has 1 unspecified atom stereocenters. The highest BCUT2D eigenvalue weighted by atomic mass is 32.3. The first kappa shape index (κ1) is 17.9. The third kappa shape index (κ3) is 3.65. The molecule has 1 aromatic carbocycles. The molecular weight excluding hydrogens is 348 g/mol. The maximum Gasteiger partial charge on any atom is 0.0672 e. The number of hydrogen-bond donors (Lipinski definition) is 1. The average Bonchev–Trinajstić information content (AvgIpc) is 2.85. The standard InChI is InChI=1S/C24H26N2S/c1-27(20-10-4-2-5-11-20,21-12-6-3-7-13-21)22-14-8-18-25-23-15-9-19-26-24(23)17-16-22/h2-12,14-16,19,21,25H,13,17-18H2,1H3/t21-/m0/s1. The second-order valence-electron chi connectivity index (χ2n) is 6.97. The molecule has 1 N–H and O–H groups in total. The van der Waals surface area contributed by atoms with Gasteiger partial charge in [0.15, 0.2) is 0 Å². The SMILES string of the molecule is CS(C1=CCc2ncccc2NCC=C1)(c1ccccc1)[C@H]1C=CC=CC1. The molecule has 2 nitrogen and oxygen atoms in total. The second-order valence-corrected chi connectivity index (χ2v) is 10.5. The van der Waals surface area contributed by atoms with Crippen molar-refractivity contribution in [1.82, 2.24) is 4.98 Å². The van der Waals surface area contributed by atoms with Crippen molar-refractivity contribution in [1.29, 1.82) is 0 Å². The maximum atomic E-state index is 4.61. The van der Waals surface area contributed by atoms with Gasteiger partial charge in [0.2, 0.25) is 0 Å². The average molecular weight is 375 g/mol. The molecule has 2 aromatic rings. The van der Waals surface area contributed by atoms with E-state index in [1.807, 2.05) is 12.3 Å². The molecule has 1 aliphatic carbocycles. The number of aromatic nitrogens is 1. The minimum atomic E-state index is -1.20. The largest absolute Gasteiger partial charge is 0.380 e. The van der Waals surface area contributed by atoms with Crippen LogP contribution in [0, 0.1) is 0 Å². The van der Waals surface area contributed by atoms with Crippen LogP contribution in [-0.4, -0.2) is 23.0 Å². The predicted octanol–water partition coefficient (Wildman–Crippen LogP) is 5.87. The summed E-state index contributed by atoms with van der Waals surface area (Å²) in [6.45, 7) is 0.820. The summed E-state index contributed by atoms with van der Waals surface area (Å²) in [7, 11) is -1.20. The first-order valence-corrected chi connectivity index (χ1v) is 11.6. The first-order valence-electron chi connectivity index (χ1n) is 9.48. The number of anilines is 1. The van der Waals surface area contributed by atoms with E-state index in [0.717, 1.165) is 30.8 Å². The molecule has 0 amide bonds. The van der Waals surface area contributed by atoms with E-state index in [2.05, 4.69) is 95.5 Å².